The molecular formula is C22H21N3O. The first-order chi connectivity index (χ1) is 12.5. The van der Waals surface area contributed by atoms with Gasteiger partial charge in [0.05, 0.1) is 11.8 Å². The van der Waals surface area contributed by atoms with Crippen LogP contribution >= 0.6 is 0 Å². The van der Waals surface area contributed by atoms with Crippen LogP contribution in [0.3, 0.4) is 0 Å². The highest BCUT2D eigenvalue weighted by Gasteiger charge is 2.26. The van der Waals surface area contributed by atoms with Gasteiger partial charge in [0.1, 0.15) is 11.6 Å². The van der Waals surface area contributed by atoms with E-state index < -0.39 is 0 Å². The van der Waals surface area contributed by atoms with Crippen LogP contribution < -0.4 is 5.43 Å². The molecule has 4 rings (SSSR count). The van der Waals surface area contributed by atoms with Crippen molar-refractivity contribution in [1.29, 1.82) is 0 Å². The molecule has 1 aliphatic heterocycles. The smallest absolute Gasteiger partial charge is 0.149 e. The summed E-state index contributed by atoms with van der Waals surface area (Å²) in [6, 6.07) is 19.8. The Balaban J connectivity index is 1.67. The van der Waals surface area contributed by atoms with E-state index in [9.17, 15) is 5.11 Å². The molecule has 4 nitrogen and oxygen atoms in total. The Morgan fingerprint density at radius 2 is 1.81 bits per heavy atom. The highest BCUT2D eigenvalue weighted by molar-refractivity contribution is 6.04. The van der Waals surface area contributed by atoms with Crippen molar-refractivity contribution in [2.24, 2.45) is 10.1 Å². The second kappa shape index (κ2) is 6.30. The summed E-state index contributed by atoms with van der Waals surface area (Å²) in [5, 5.41) is 16.6. The lowest BCUT2D eigenvalue weighted by atomic mass is 9.89. The largest absolute Gasteiger partial charge is 0.507 e. The maximum absolute atomic E-state index is 10.2. The molecule has 0 unspecified atom stereocenters. The van der Waals surface area contributed by atoms with Gasteiger partial charge in [0.2, 0.25) is 0 Å². The van der Waals surface area contributed by atoms with Gasteiger partial charge in [-0.2, -0.15) is 5.10 Å². The number of hydrazone groups is 1. The van der Waals surface area contributed by atoms with Crippen LogP contribution in [0.15, 0.2) is 70.8 Å². The number of phenolic OH excluding ortho intramolecular Hbond substituents is 1. The molecule has 0 atom stereocenters. The van der Waals surface area contributed by atoms with Crippen molar-refractivity contribution < 1.29 is 5.11 Å². The molecule has 2 N–H and O–H groups in total. The van der Waals surface area contributed by atoms with Crippen molar-refractivity contribution in [3.63, 3.8) is 0 Å². The average Bonchev–Trinajstić information content (AvgIpc) is 2.62. The number of fused-ring (bicyclic) bond motifs is 2. The lowest BCUT2D eigenvalue weighted by Gasteiger charge is -2.28. The molecule has 130 valence electrons. The summed E-state index contributed by atoms with van der Waals surface area (Å²) >= 11 is 0. The van der Waals surface area contributed by atoms with Gasteiger partial charge >= 0.3 is 0 Å². The standard InChI is InChI=1S/C22H21N3O/c1-22(2)13-16-8-4-6-10-18(16)21(24-22)25-23-14-19-17-9-5-3-7-15(17)11-12-20(19)26/h3-12,14,26H,13H2,1-2H3,(H,24,25)/b23-14-. The summed E-state index contributed by atoms with van der Waals surface area (Å²) in [7, 11) is 0. The van der Waals surface area contributed by atoms with Gasteiger partial charge in [-0.1, -0.05) is 54.6 Å². The Morgan fingerprint density at radius 3 is 2.69 bits per heavy atom. The molecule has 1 aliphatic rings. The highest BCUT2D eigenvalue weighted by Crippen LogP contribution is 2.27. The zero-order valence-corrected chi connectivity index (χ0v) is 14.9. The fourth-order valence-corrected chi connectivity index (χ4v) is 3.44. The lowest BCUT2D eigenvalue weighted by molar-refractivity contribution is 0.475. The van der Waals surface area contributed by atoms with Gasteiger partial charge in [0.25, 0.3) is 0 Å². The van der Waals surface area contributed by atoms with Crippen LogP contribution in [0.5, 0.6) is 5.75 Å². The number of hydrogen-bond acceptors (Lipinski definition) is 4. The van der Waals surface area contributed by atoms with E-state index in [1.807, 2.05) is 36.4 Å². The number of hydrogen-bond donors (Lipinski definition) is 2. The van der Waals surface area contributed by atoms with Crippen LogP contribution in [0.2, 0.25) is 0 Å². The molecule has 0 bridgehead atoms. The van der Waals surface area contributed by atoms with Crippen molar-refractivity contribution in [1.82, 2.24) is 5.43 Å². The number of benzene rings is 3. The van der Waals surface area contributed by atoms with Gasteiger partial charge < -0.3 is 5.11 Å². The molecule has 0 saturated heterocycles. The fraction of sp³-hybridized carbons (Fsp3) is 0.182. The highest BCUT2D eigenvalue weighted by atomic mass is 16.3. The monoisotopic (exact) mass is 343 g/mol. The van der Waals surface area contributed by atoms with Gasteiger partial charge in [0.15, 0.2) is 0 Å². The minimum Gasteiger partial charge on any atom is -0.507 e. The number of aromatic hydroxyl groups is 1. The first-order valence-corrected chi connectivity index (χ1v) is 8.71. The minimum absolute atomic E-state index is 0.173. The van der Waals surface area contributed by atoms with E-state index in [1.165, 1.54) is 5.56 Å². The Hall–Kier alpha value is -3.14. The third-order valence-electron chi connectivity index (χ3n) is 4.62. The molecule has 4 heteroatoms. The van der Waals surface area contributed by atoms with E-state index in [0.717, 1.165) is 28.6 Å². The third-order valence-corrected chi connectivity index (χ3v) is 4.62. The second-order valence-electron chi connectivity index (χ2n) is 7.20. The number of rotatable bonds is 2. The Morgan fingerprint density at radius 1 is 1.04 bits per heavy atom. The van der Waals surface area contributed by atoms with Crippen LogP contribution in [0.25, 0.3) is 10.8 Å². The minimum atomic E-state index is -0.173. The summed E-state index contributed by atoms with van der Waals surface area (Å²) in [6.45, 7) is 4.23. The van der Waals surface area contributed by atoms with Gasteiger partial charge in [-0.15, -0.1) is 0 Å². The first kappa shape index (κ1) is 16.3. The molecule has 0 spiro atoms. The summed E-state index contributed by atoms with van der Waals surface area (Å²) in [5.41, 5.74) is 5.94. The van der Waals surface area contributed by atoms with E-state index in [-0.39, 0.29) is 11.3 Å². The van der Waals surface area contributed by atoms with Crippen molar-refractivity contribution in [3.05, 3.63) is 77.4 Å². The molecule has 26 heavy (non-hydrogen) atoms. The predicted molar refractivity (Wildman–Crippen MR) is 107 cm³/mol. The number of phenols is 1. The van der Waals surface area contributed by atoms with Crippen molar-refractivity contribution >= 4 is 22.8 Å². The van der Waals surface area contributed by atoms with Crippen LogP contribution in [0.1, 0.15) is 30.5 Å². The number of nitrogens with one attached hydrogen (secondary N) is 1. The van der Waals surface area contributed by atoms with Gasteiger partial charge in [-0.05, 0) is 42.7 Å². The Labute approximate surface area is 152 Å². The van der Waals surface area contributed by atoms with Crippen LogP contribution in [0, 0.1) is 0 Å². The molecular weight excluding hydrogens is 322 g/mol. The van der Waals surface area contributed by atoms with Crippen LogP contribution in [0.4, 0.5) is 0 Å². The Kier molecular flexibility index (Phi) is 3.96. The topological polar surface area (TPSA) is 57.0 Å². The fourth-order valence-electron chi connectivity index (χ4n) is 3.44. The predicted octanol–water partition coefficient (Wildman–Crippen LogP) is 4.25. The molecule has 0 amide bonds. The van der Waals surface area contributed by atoms with Crippen molar-refractivity contribution in [3.8, 4) is 5.75 Å². The second-order valence-corrected chi connectivity index (χ2v) is 7.20. The Bertz CT molecular complexity index is 1030. The van der Waals surface area contributed by atoms with E-state index in [2.05, 4.69) is 42.6 Å². The maximum atomic E-state index is 10.2. The number of amidine groups is 1. The van der Waals surface area contributed by atoms with E-state index in [1.54, 1.807) is 12.3 Å². The third kappa shape index (κ3) is 3.06. The molecule has 0 saturated carbocycles. The summed E-state index contributed by atoms with van der Waals surface area (Å²) in [5.74, 6) is 0.966. The normalized spacial score (nSPS) is 15.7. The van der Waals surface area contributed by atoms with Crippen LogP contribution in [-0.2, 0) is 6.42 Å². The molecule has 3 aromatic rings. The summed E-state index contributed by atoms with van der Waals surface area (Å²) in [4.78, 5) is 4.80. The summed E-state index contributed by atoms with van der Waals surface area (Å²) < 4.78 is 0. The van der Waals surface area contributed by atoms with Crippen molar-refractivity contribution in [2.75, 3.05) is 0 Å². The van der Waals surface area contributed by atoms with E-state index in [0.29, 0.717) is 5.56 Å². The van der Waals surface area contributed by atoms with Gasteiger partial charge in [-0.3, -0.25) is 10.4 Å². The molecule has 0 fully saturated rings. The molecule has 1 heterocycles. The molecule has 0 aliphatic carbocycles. The van der Waals surface area contributed by atoms with Crippen LogP contribution in [-0.4, -0.2) is 22.7 Å². The molecule has 3 aromatic carbocycles. The maximum Gasteiger partial charge on any atom is 0.149 e. The molecule has 0 aromatic heterocycles. The van der Waals surface area contributed by atoms with E-state index in [4.69, 9.17) is 4.99 Å². The summed E-state index contributed by atoms with van der Waals surface area (Å²) in [6.07, 6.45) is 2.56. The van der Waals surface area contributed by atoms with Crippen molar-refractivity contribution in [2.45, 2.75) is 25.8 Å². The zero-order chi connectivity index (χ0) is 18.1. The van der Waals surface area contributed by atoms with E-state index >= 15 is 0 Å². The van der Waals surface area contributed by atoms with Gasteiger partial charge in [-0.25, -0.2) is 0 Å². The van der Waals surface area contributed by atoms with Gasteiger partial charge in [0, 0.05) is 11.1 Å². The zero-order valence-electron chi connectivity index (χ0n) is 14.9. The SMILES string of the molecule is CC1(C)Cc2ccccc2C(N/N=C\c2c(O)ccc3ccccc23)=N1. The molecule has 0 radical (unpaired) electrons. The quantitative estimate of drug-likeness (QED) is 0.540. The first-order valence-electron chi connectivity index (χ1n) is 8.71. The number of nitrogens with zero attached hydrogens (tertiary/aromatic N) is 2. The number of aliphatic imine (C=N–C) groups is 1. The average molecular weight is 343 g/mol. The lowest BCUT2D eigenvalue weighted by Crippen LogP contribution is -2.34.